The smallest absolute Gasteiger partial charge is 0.234 e. The van der Waals surface area contributed by atoms with E-state index in [1.807, 2.05) is 0 Å². The SMILES string of the molecule is NCC(=O)NC1CN(C2CCC(c3ccccc3)CC2)C1. The lowest BCUT2D eigenvalue weighted by atomic mass is 9.80. The molecule has 3 rings (SSSR count). The Bertz CT molecular complexity index is 462. The molecule has 2 aliphatic rings. The van der Waals surface area contributed by atoms with Crippen LogP contribution in [-0.4, -0.2) is 42.5 Å². The van der Waals surface area contributed by atoms with Crippen molar-refractivity contribution in [2.45, 2.75) is 43.7 Å². The lowest BCUT2D eigenvalue weighted by Gasteiger charge is -2.46. The standard InChI is InChI=1S/C17H25N3O/c18-10-17(21)19-15-11-20(12-15)16-8-6-14(7-9-16)13-4-2-1-3-5-13/h1-5,14-16H,6-12,18H2,(H,19,21). The molecule has 0 radical (unpaired) electrons. The second kappa shape index (κ2) is 6.58. The number of likely N-dealkylation sites (tertiary alicyclic amines) is 1. The number of benzene rings is 1. The predicted octanol–water partition coefficient (Wildman–Crippen LogP) is 1.47. The number of carbonyl (C=O) groups is 1. The summed E-state index contributed by atoms with van der Waals surface area (Å²) in [6.07, 6.45) is 5.12. The maximum Gasteiger partial charge on any atom is 0.234 e. The minimum absolute atomic E-state index is 0.0348. The molecular formula is C17H25N3O. The van der Waals surface area contributed by atoms with Crippen LogP contribution < -0.4 is 11.1 Å². The highest BCUT2D eigenvalue weighted by Gasteiger charge is 2.35. The molecule has 0 bridgehead atoms. The van der Waals surface area contributed by atoms with E-state index in [2.05, 4.69) is 40.5 Å². The maximum absolute atomic E-state index is 11.2. The van der Waals surface area contributed by atoms with Gasteiger partial charge in [-0.15, -0.1) is 0 Å². The van der Waals surface area contributed by atoms with E-state index in [-0.39, 0.29) is 12.5 Å². The normalized spacial score (nSPS) is 27.1. The van der Waals surface area contributed by atoms with Crippen LogP contribution in [-0.2, 0) is 4.79 Å². The first-order chi connectivity index (χ1) is 10.3. The van der Waals surface area contributed by atoms with Crippen LogP contribution >= 0.6 is 0 Å². The Morgan fingerprint density at radius 2 is 1.81 bits per heavy atom. The molecule has 1 aliphatic carbocycles. The number of nitrogens with zero attached hydrogens (tertiary/aromatic N) is 1. The highest BCUT2D eigenvalue weighted by Crippen LogP contribution is 2.35. The number of rotatable bonds is 4. The van der Waals surface area contributed by atoms with Gasteiger partial charge in [-0.05, 0) is 37.2 Å². The minimum Gasteiger partial charge on any atom is -0.350 e. The second-order valence-corrected chi connectivity index (χ2v) is 6.34. The highest BCUT2D eigenvalue weighted by atomic mass is 16.1. The van der Waals surface area contributed by atoms with Gasteiger partial charge in [0.05, 0.1) is 12.6 Å². The molecule has 0 aromatic heterocycles. The number of nitrogens with two attached hydrogens (primary N) is 1. The van der Waals surface area contributed by atoms with Gasteiger partial charge in [-0.2, -0.15) is 0 Å². The summed E-state index contributed by atoms with van der Waals surface area (Å²) in [6.45, 7) is 2.08. The summed E-state index contributed by atoms with van der Waals surface area (Å²) in [5.74, 6) is 0.698. The van der Waals surface area contributed by atoms with Gasteiger partial charge in [0, 0.05) is 19.1 Å². The van der Waals surface area contributed by atoms with Gasteiger partial charge in [0.1, 0.15) is 0 Å². The van der Waals surface area contributed by atoms with E-state index in [9.17, 15) is 4.79 Å². The molecule has 4 nitrogen and oxygen atoms in total. The quantitative estimate of drug-likeness (QED) is 0.882. The van der Waals surface area contributed by atoms with Crippen LogP contribution in [0.4, 0.5) is 0 Å². The lowest BCUT2D eigenvalue weighted by Crippen LogP contribution is -2.63. The summed E-state index contributed by atoms with van der Waals surface area (Å²) in [7, 11) is 0. The van der Waals surface area contributed by atoms with E-state index < -0.39 is 0 Å². The molecule has 0 atom stereocenters. The Hall–Kier alpha value is -1.39. The predicted molar refractivity (Wildman–Crippen MR) is 84.0 cm³/mol. The van der Waals surface area contributed by atoms with Crippen molar-refractivity contribution >= 4 is 5.91 Å². The molecule has 1 heterocycles. The highest BCUT2D eigenvalue weighted by molar-refractivity contribution is 5.78. The molecule has 1 aliphatic heterocycles. The zero-order chi connectivity index (χ0) is 14.7. The van der Waals surface area contributed by atoms with Crippen molar-refractivity contribution in [3.63, 3.8) is 0 Å². The molecule has 1 amide bonds. The Kier molecular flexibility index (Phi) is 4.56. The molecule has 1 saturated carbocycles. The zero-order valence-electron chi connectivity index (χ0n) is 12.5. The molecule has 3 N–H and O–H groups in total. The third-order valence-corrected chi connectivity index (χ3v) is 4.94. The fraction of sp³-hybridized carbons (Fsp3) is 0.588. The van der Waals surface area contributed by atoms with Crippen molar-refractivity contribution < 1.29 is 4.79 Å². The Morgan fingerprint density at radius 1 is 1.14 bits per heavy atom. The molecule has 1 saturated heterocycles. The van der Waals surface area contributed by atoms with Gasteiger partial charge in [0.25, 0.3) is 0 Å². The Balaban J connectivity index is 1.42. The Morgan fingerprint density at radius 3 is 2.43 bits per heavy atom. The summed E-state index contributed by atoms with van der Waals surface area (Å²) >= 11 is 0. The van der Waals surface area contributed by atoms with Crippen molar-refractivity contribution in [2.24, 2.45) is 5.73 Å². The van der Waals surface area contributed by atoms with Crippen LogP contribution in [0, 0.1) is 0 Å². The van der Waals surface area contributed by atoms with E-state index in [4.69, 9.17) is 5.73 Å². The lowest BCUT2D eigenvalue weighted by molar-refractivity contribution is -0.121. The van der Waals surface area contributed by atoms with Gasteiger partial charge in [0.15, 0.2) is 0 Å². The molecular weight excluding hydrogens is 262 g/mol. The molecule has 0 unspecified atom stereocenters. The first-order valence-electron chi connectivity index (χ1n) is 8.04. The van der Waals surface area contributed by atoms with Gasteiger partial charge in [-0.1, -0.05) is 30.3 Å². The van der Waals surface area contributed by atoms with Crippen LogP contribution in [0.25, 0.3) is 0 Å². The fourth-order valence-electron chi connectivity index (χ4n) is 3.69. The molecule has 2 fully saturated rings. The van der Waals surface area contributed by atoms with Gasteiger partial charge in [-0.3, -0.25) is 9.69 Å². The average Bonchev–Trinajstić information content (AvgIpc) is 2.51. The van der Waals surface area contributed by atoms with E-state index >= 15 is 0 Å². The molecule has 1 aromatic rings. The second-order valence-electron chi connectivity index (χ2n) is 6.34. The van der Waals surface area contributed by atoms with Crippen LogP contribution in [0.2, 0.25) is 0 Å². The number of amides is 1. The van der Waals surface area contributed by atoms with Crippen molar-refractivity contribution in [2.75, 3.05) is 19.6 Å². The minimum atomic E-state index is -0.0348. The monoisotopic (exact) mass is 287 g/mol. The van der Waals surface area contributed by atoms with Gasteiger partial charge in [-0.25, -0.2) is 0 Å². The van der Waals surface area contributed by atoms with E-state index in [1.165, 1.54) is 31.2 Å². The first kappa shape index (κ1) is 14.5. The summed E-state index contributed by atoms with van der Waals surface area (Å²) in [5.41, 5.74) is 6.81. The van der Waals surface area contributed by atoms with Crippen molar-refractivity contribution in [1.29, 1.82) is 0 Å². The average molecular weight is 287 g/mol. The van der Waals surface area contributed by atoms with E-state index in [1.54, 1.807) is 0 Å². The zero-order valence-corrected chi connectivity index (χ0v) is 12.5. The van der Waals surface area contributed by atoms with Crippen LogP contribution in [0.3, 0.4) is 0 Å². The van der Waals surface area contributed by atoms with E-state index in [0.717, 1.165) is 19.0 Å². The molecule has 0 spiro atoms. The van der Waals surface area contributed by atoms with Gasteiger partial charge >= 0.3 is 0 Å². The third kappa shape index (κ3) is 3.44. The van der Waals surface area contributed by atoms with Gasteiger partial charge < -0.3 is 11.1 Å². The van der Waals surface area contributed by atoms with Gasteiger partial charge in [0.2, 0.25) is 5.91 Å². The third-order valence-electron chi connectivity index (χ3n) is 4.94. The van der Waals surface area contributed by atoms with Crippen molar-refractivity contribution in [3.8, 4) is 0 Å². The molecule has 114 valence electrons. The summed E-state index contributed by atoms with van der Waals surface area (Å²) in [4.78, 5) is 13.8. The van der Waals surface area contributed by atoms with Crippen LogP contribution in [0.1, 0.15) is 37.2 Å². The summed E-state index contributed by atoms with van der Waals surface area (Å²) < 4.78 is 0. The van der Waals surface area contributed by atoms with Crippen LogP contribution in [0.15, 0.2) is 30.3 Å². The fourth-order valence-corrected chi connectivity index (χ4v) is 3.69. The molecule has 1 aromatic carbocycles. The summed E-state index contributed by atoms with van der Waals surface area (Å²) in [6, 6.07) is 11.9. The van der Waals surface area contributed by atoms with Crippen molar-refractivity contribution in [3.05, 3.63) is 35.9 Å². The molecule has 21 heavy (non-hydrogen) atoms. The number of hydrogen-bond donors (Lipinski definition) is 2. The number of nitrogens with one attached hydrogen (secondary N) is 1. The van der Waals surface area contributed by atoms with E-state index in [0.29, 0.717) is 12.1 Å². The Labute approximate surface area is 126 Å². The largest absolute Gasteiger partial charge is 0.350 e. The number of hydrogen-bond acceptors (Lipinski definition) is 3. The topological polar surface area (TPSA) is 58.4 Å². The first-order valence-corrected chi connectivity index (χ1v) is 8.04. The van der Waals surface area contributed by atoms with Crippen LogP contribution in [0.5, 0.6) is 0 Å². The number of carbonyl (C=O) groups excluding carboxylic acids is 1. The van der Waals surface area contributed by atoms with Crippen molar-refractivity contribution in [1.82, 2.24) is 10.2 Å². The molecule has 4 heteroatoms. The summed E-state index contributed by atoms with van der Waals surface area (Å²) in [5, 5.41) is 2.96. The maximum atomic E-state index is 11.2.